The maximum absolute atomic E-state index is 12.7. The summed E-state index contributed by atoms with van der Waals surface area (Å²) < 4.78 is 0.589. The number of hydrogen-bond donors (Lipinski definition) is 3. The van der Waals surface area contributed by atoms with Crippen molar-refractivity contribution < 1.29 is 19.5 Å². The number of halogens is 1. The number of anilines is 1. The monoisotopic (exact) mass is 494 g/mol. The van der Waals surface area contributed by atoms with Gasteiger partial charge in [-0.05, 0) is 70.7 Å². The lowest BCUT2D eigenvalue weighted by Gasteiger charge is -2.16. The predicted octanol–water partition coefficient (Wildman–Crippen LogP) is 4.74. The van der Waals surface area contributed by atoms with Gasteiger partial charge in [-0.25, -0.2) is 4.79 Å². The second kappa shape index (κ2) is 10.2. The van der Waals surface area contributed by atoms with E-state index in [0.29, 0.717) is 21.3 Å². The average molecular weight is 495 g/mol. The molecule has 7 heteroatoms. The van der Waals surface area contributed by atoms with E-state index in [1.165, 1.54) is 0 Å². The van der Waals surface area contributed by atoms with Gasteiger partial charge in [0.15, 0.2) is 0 Å². The highest BCUT2D eigenvalue weighted by atomic mass is 79.9. The van der Waals surface area contributed by atoms with E-state index >= 15 is 0 Å². The van der Waals surface area contributed by atoms with Gasteiger partial charge in [-0.15, -0.1) is 0 Å². The van der Waals surface area contributed by atoms with Gasteiger partial charge < -0.3 is 15.7 Å². The van der Waals surface area contributed by atoms with Gasteiger partial charge in [-0.1, -0.05) is 42.5 Å². The van der Waals surface area contributed by atoms with Crippen LogP contribution in [-0.2, 0) is 11.2 Å². The number of nitrogens with one attached hydrogen (secondary N) is 2. The van der Waals surface area contributed by atoms with Crippen molar-refractivity contribution in [1.82, 2.24) is 5.32 Å². The summed E-state index contributed by atoms with van der Waals surface area (Å²) in [4.78, 5) is 36.8. The van der Waals surface area contributed by atoms with Crippen LogP contribution in [0.25, 0.3) is 0 Å². The maximum Gasteiger partial charge on any atom is 0.326 e. The molecule has 0 saturated carbocycles. The second-order valence-corrected chi connectivity index (χ2v) is 8.32. The zero-order chi connectivity index (χ0) is 23.3. The van der Waals surface area contributed by atoms with Crippen LogP contribution >= 0.6 is 15.9 Å². The van der Waals surface area contributed by atoms with Crippen LogP contribution in [0.2, 0.25) is 0 Å². The van der Waals surface area contributed by atoms with Crippen LogP contribution in [0.1, 0.15) is 37.4 Å². The van der Waals surface area contributed by atoms with Crippen LogP contribution < -0.4 is 10.6 Å². The topological polar surface area (TPSA) is 95.5 Å². The van der Waals surface area contributed by atoms with E-state index in [4.69, 9.17) is 0 Å². The molecule has 3 aromatic rings. The number of benzene rings is 3. The maximum atomic E-state index is 12.7. The molecule has 0 spiro atoms. The zero-order valence-corrected chi connectivity index (χ0v) is 19.3. The molecule has 0 unspecified atom stereocenters. The number of carbonyl (C=O) groups excluding carboxylic acids is 2. The normalized spacial score (nSPS) is 11.5. The molecule has 0 aliphatic carbocycles. The molecule has 3 aromatic carbocycles. The first-order chi connectivity index (χ1) is 15.3. The summed E-state index contributed by atoms with van der Waals surface area (Å²) in [6.07, 6.45) is 0.108. The van der Waals surface area contributed by atoms with Gasteiger partial charge in [0.25, 0.3) is 11.8 Å². The molecule has 0 radical (unpaired) electrons. The van der Waals surface area contributed by atoms with Crippen molar-refractivity contribution in [1.29, 1.82) is 0 Å². The van der Waals surface area contributed by atoms with Crippen LogP contribution in [-0.4, -0.2) is 28.9 Å². The van der Waals surface area contributed by atoms with Crippen LogP contribution in [0.15, 0.2) is 71.2 Å². The van der Waals surface area contributed by atoms with Crippen LogP contribution in [0.4, 0.5) is 5.69 Å². The number of carbonyl (C=O) groups is 3. The number of hydrogen-bond acceptors (Lipinski definition) is 3. The standard InChI is InChI=1S/C25H23BrN2O4/c1-15-6-5-7-16(2)22(15)24(30)27-18-12-10-17(11-13-18)14-21(25(31)32)28-23(29)19-8-3-4-9-20(19)26/h3-13,21H,14H2,1-2H3,(H,27,30)(H,28,29)(H,31,32)/t21-/m0/s1. The van der Waals surface area contributed by atoms with Gasteiger partial charge in [0.2, 0.25) is 0 Å². The number of amides is 2. The quantitative estimate of drug-likeness (QED) is 0.441. The molecular weight excluding hydrogens is 472 g/mol. The molecule has 0 bridgehead atoms. The molecule has 0 aliphatic rings. The van der Waals surface area contributed by atoms with Gasteiger partial charge in [-0.2, -0.15) is 0 Å². The summed E-state index contributed by atoms with van der Waals surface area (Å²) in [6, 6.07) is 18.3. The summed E-state index contributed by atoms with van der Waals surface area (Å²) in [5, 5.41) is 15.0. The van der Waals surface area contributed by atoms with Crippen LogP contribution in [0.5, 0.6) is 0 Å². The van der Waals surface area contributed by atoms with Crippen molar-refractivity contribution in [2.75, 3.05) is 5.32 Å². The molecule has 3 N–H and O–H groups in total. The Kier molecular flexibility index (Phi) is 7.43. The van der Waals surface area contributed by atoms with Crippen molar-refractivity contribution in [3.8, 4) is 0 Å². The Balaban J connectivity index is 1.68. The highest BCUT2D eigenvalue weighted by Gasteiger charge is 2.22. The summed E-state index contributed by atoms with van der Waals surface area (Å²) in [5.74, 6) is -1.79. The highest BCUT2D eigenvalue weighted by molar-refractivity contribution is 9.10. The third kappa shape index (κ3) is 5.62. The second-order valence-electron chi connectivity index (χ2n) is 7.47. The van der Waals surface area contributed by atoms with Gasteiger partial charge in [0, 0.05) is 22.1 Å². The van der Waals surface area contributed by atoms with E-state index in [9.17, 15) is 19.5 Å². The first-order valence-electron chi connectivity index (χ1n) is 10.0. The van der Waals surface area contributed by atoms with Crippen LogP contribution in [0.3, 0.4) is 0 Å². The van der Waals surface area contributed by atoms with E-state index in [1.807, 2.05) is 32.0 Å². The molecule has 0 aliphatic heterocycles. The number of rotatable bonds is 7. The van der Waals surface area contributed by atoms with Gasteiger partial charge in [0.1, 0.15) is 6.04 Å². The molecule has 0 saturated heterocycles. The minimum Gasteiger partial charge on any atom is -0.480 e. The molecule has 3 rings (SSSR count). The molecule has 6 nitrogen and oxygen atoms in total. The van der Waals surface area contributed by atoms with Crippen LogP contribution in [0, 0.1) is 13.8 Å². The Morgan fingerprint density at radius 2 is 1.50 bits per heavy atom. The summed E-state index contributed by atoms with van der Waals surface area (Å²) >= 11 is 3.30. The SMILES string of the molecule is Cc1cccc(C)c1C(=O)Nc1ccc(C[C@H](NC(=O)c2ccccc2Br)C(=O)O)cc1. The fraction of sp³-hybridized carbons (Fsp3) is 0.160. The van der Waals surface area contributed by atoms with E-state index in [1.54, 1.807) is 48.5 Å². The van der Waals surface area contributed by atoms with E-state index in [-0.39, 0.29) is 12.3 Å². The van der Waals surface area contributed by atoms with Gasteiger partial charge >= 0.3 is 5.97 Å². The Labute approximate surface area is 194 Å². The smallest absolute Gasteiger partial charge is 0.326 e. The van der Waals surface area contributed by atoms with Crippen molar-refractivity contribution in [3.05, 3.63) is 99.0 Å². The number of carboxylic acid groups (broad SMARTS) is 1. The number of aliphatic carboxylic acids is 1. The first kappa shape index (κ1) is 23.2. The summed E-state index contributed by atoms with van der Waals surface area (Å²) in [7, 11) is 0. The van der Waals surface area contributed by atoms with Crippen molar-refractivity contribution in [2.45, 2.75) is 26.3 Å². The highest BCUT2D eigenvalue weighted by Crippen LogP contribution is 2.18. The molecule has 32 heavy (non-hydrogen) atoms. The lowest BCUT2D eigenvalue weighted by Crippen LogP contribution is -2.42. The van der Waals surface area contributed by atoms with Crippen molar-refractivity contribution in [2.24, 2.45) is 0 Å². The largest absolute Gasteiger partial charge is 0.480 e. The average Bonchev–Trinajstić information content (AvgIpc) is 2.74. The molecular formula is C25H23BrN2O4. The van der Waals surface area contributed by atoms with E-state index < -0.39 is 17.9 Å². The third-order valence-electron chi connectivity index (χ3n) is 5.08. The Bertz CT molecular complexity index is 1140. The Morgan fingerprint density at radius 1 is 0.875 bits per heavy atom. The lowest BCUT2D eigenvalue weighted by molar-refractivity contribution is -0.139. The number of carboxylic acids is 1. The molecule has 0 heterocycles. The fourth-order valence-electron chi connectivity index (χ4n) is 3.41. The van der Waals surface area contributed by atoms with Crippen molar-refractivity contribution in [3.63, 3.8) is 0 Å². The molecule has 2 amide bonds. The predicted molar refractivity (Wildman–Crippen MR) is 127 cm³/mol. The van der Waals surface area contributed by atoms with E-state index in [2.05, 4.69) is 26.6 Å². The van der Waals surface area contributed by atoms with Gasteiger partial charge in [0.05, 0.1) is 5.56 Å². The molecule has 1 atom stereocenters. The molecule has 0 fully saturated rings. The Hall–Kier alpha value is -3.45. The first-order valence-corrected chi connectivity index (χ1v) is 10.8. The third-order valence-corrected chi connectivity index (χ3v) is 5.77. The van der Waals surface area contributed by atoms with Crippen molar-refractivity contribution >= 4 is 39.4 Å². The lowest BCUT2D eigenvalue weighted by atomic mass is 10.0. The summed E-state index contributed by atoms with van der Waals surface area (Å²) in [5.41, 5.74) is 4.11. The fourth-order valence-corrected chi connectivity index (χ4v) is 3.87. The zero-order valence-electron chi connectivity index (χ0n) is 17.7. The minimum atomic E-state index is -1.13. The minimum absolute atomic E-state index is 0.108. The molecule has 164 valence electrons. The Morgan fingerprint density at radius 3 is 2.09 bits per heavy atom. The summed E-state index contributed by atoms with van der Waals surface area (Å²) in [6.45, 7) is 3.78. The van der Waals surface area contributed by atoms with Gasteiger partial charge in [-0.3, -0.25) is 9.59 Å². The van der Waals surface area contributed by atoms with E-state index in [0.717, 1.165) is 16.7 Å². The molecule has 0 aromatic heterocycles. The number of aryl methyl sites for hydroxylation is 2.